The lowest BCUT2D eigenvalue weighted by Gasteiger charge is -2.31. The number of carbonyl (C=O) groups is 1. The maximum absolute atomic E-state index is 12.9. The average Bonchev–Trinajstić information content (AvgIpc) is 2.64. The van der Waals surface area contributed by atoms with Crippen molar-refractivity contribution in [3.05, 3.63) is 53.6 Å². The van der Waals surface area contributed by atoms with Crippen molar-refractivity contribution in [1.82, 2.24) is 0 Å². The van der Waals surface area contributed by atoms with Crippen LogP contribution in [0.4, 0.5) is 11.4 Å². The zero-order valence-corrected chi connectivity index (χ0v) is 16.9. The maximum Gasteiger partial charge on any atom is 0.286 e. The van der Waals surface area contributed by atoms with Gasteiger partial charge in [0.15, 0.2) is 5.84 Å². The van der Waals surface area contributed by atoms with Gasteiger partial charge in [-0.05, 0) is 37.6 Å². The van der Waals surface area contributed by atoms with Crippen LogP contribution < -0.4 is 10.2 Å². The van der Waals surface area contributed by atoms with Crippen molar-refractivity contribution in [3.63, 3.8) is 0 Å². The first-order valence-electron chi connectivity index (χ1n) is 8.98. The molecule has 1 aliphatic rings. The number of carbonyl (C=O) groups excluding carboxylic acids is 1. The normalized spacial score (nSPS) is 15.0. The minimum Gasteiger partial charge on any atom is -0.375 e. The molecule has 148 valence electrons. The summed E-state index contributed by atoms with van der Waals surface area (Å²) < 4.78 is 34.7. The standard InChI is InChI=1S/C20H23N3O4S/c1-4-10-23-17-9-8-16(21-19(24)13-27-3)12-18(17)28(25,26)22-20(23)15-7-5-6-14(2)11-15/h5-9,11-12H,4,10,13H2,1-3H3,(H,21,24). The third kappa shape index (κ3) is 4.07. The van der Waals surface area contributed by atoms with E-state index in [0.29, 0.717) is 23.8 Å². The lowest BCUT2D eigenvalue weighted by Crippen LogP contribution is -2.37. The predicted molar refractivity (Wildman–Crippen MR) is 109 cm³/mol. The van der Waals surface area contributed by atoms with E-state index in [1.54, 1.807) is 12.1 Å². The van der Waals surface area contributed by atoms with Crippen molar-refractivity contribution in [3.8, 4) is 0 Å². The van der Waals surface area contributed by atoms with Crippen LogP contribution in [0.5, 0.6) is 0 Å². The van der Waals surface area contributed by atoms with Crippen LogP contribution in [0.15, 0.2) is 51.8 Å². The third-order valence-corrected chi connectivity index (χ3v) is 5.57. The quantitative estimate of drug-likeness (QED) is 0.804. The van der Waals surface area contributed by atoms with Crippen molar-refractivity contribution in [1.29, 1.82) is 0 Å². The summed E-state index contributed by atoms with van der Waals surface area (Å²) in [4.78, 5) is 13.7. The van der Waals surface area contributed by atoms with Crippen molar-refractivity contribution in [2.45, 2.75) is 25.2 Å². The fourth-order valence-electron chi connectivity index (χ4n) is 3.12. The topological polar surface area (TPSA) is 88.1 Å². The Kier molecular flexibility index (Phi) is 5.81. The molecule has 0 spiro atoms. The smallest absolute Gasteiger partial charge is 0.286 e. The summed E-state index contributed by atoms with van der Waals surface area (Å²) in [7, 11) is -2.49. The molecule has 8 heteroatoms. The number of aryl methyl sites for hydroxylation is 1. The van der Waals surface area contributed by atoms with Crippen molar-refractivity contribution in [2.75, 3.05) is 30.5 Å². The second-order valence-electron chi connectivity index (χ2n) is 6.57. The van der Waals surface area contributed by atoms with E-state index in [4.69, 9.17) is 4.74 Å². The second kappa shape index (κ2) is 8.12. The van der Waals surface area contributed by atoms with Gasteiger partial charge in [-0.3, -0.25) is 4.79 Å². The van der Waals surface area contributed by atoms with Crippen LogP contribution in [-0.2, 0) is 19.6 Å². The number of nitrogens with zero attached hydrogens (tertiary/aromatic N) is 2. The fraction of sp³-hybridized carbons (Fsp3) is 0.300. The van der Waals surface area contributed by atoms with Crippen molar-refractivity contribution in [2.24, 2.45) is 4.40 Å². The number of rotatable bonds is 6. The molecule has 0 saturated carbocycles. The summed E-state index contributed by atoms with van der Waals surface area (Å²) >= 11 is 0. The molecule has 0 saturated heterocycles. The number of anilines is 2. The summed E-state index contributed by atoms with van der Waals surface area (Å²) in [5, 5.41) is 2.63. The molecule has 1 aliphatic heterocycles. The van der Waals surface area contributed by atoms with Gasteiger partial charge in [0.05, 0.1) is 5.69 Å². The summed E-state index contributed by atoms with van der Waals surface area (Å²) in [6, 6.07) is 12.4. The van der Waals surface area contributed by atoms with Crippen LogP contribution in [0.2, 0.25) is 0 Å². The third-order valence-electron chi connectivity index (χ3n) is 4.27. The van der Waals surface area contributed by atoms with E-state index in [0.717, 1.165) is 17.5 Å². The Hall–Kier alpha value is -2.71. The van der Waals surface area contributed by atoms with E-state index in [-0.39, 0.29) is 17.4 Å². The number of amides is 1. The van der Waals surface area contributed by atoms with Crippen LogP contribution in [0.25, 0.3) is 0 Å². The Labute approximate surface area is 165 Å². The van der Waals surface area contributed by atoms with Crippen LogP contribution in [0, 0.1) is 6.92 Å². The first-order chi connectivity index (χ1) is 13.4. The highest BCUT2D eigenvalue weighted by atomic mass is 32.2. The number of nitrogens with one attached hydrogen (secondary N) is 1. The van der Waals surface area contributed by atoms with Gasteiger partial charge in [-0.1, -0.05) is 30.7 Å². The first kappa shape index (κ1) is 20.0. The predicted octanol–water partition coefficient (Wildman–Crippen LogP) is 2.95. The second-order valence-corrected chi connectivity index (χ2v) is 8.15. The highest BCUT2D eigenvalue weighted by Gasteiger charge is 2.31. The lowest BCUT2D eigenvalue weighted by molar-refractivity contribution is -0.119. The molecular formula is C20H23N3O4S. The number of benzene rings is 2. The summed E-state index contributed by atoms with van der Waals surface area (Å²) in [6.45, 7) is 4.48. The number of amidine groups is 1. The van der Waals surface area contributed by atoms with E-state index in [2.05, 4.69) is 9.71 Å². The molecule has 3 rings (SSSR count). The van der Waals surface area contributed by atoms with Crippen molar-refractivity contribution < 1.29 is 17.9 Å². The highest BCUT2D eigenvalue weighted by molar-refractivity contribution is 7.90. The summed E-state index contributed by atoms with van der Waals surface area (Å²) in [5.74, 6) is 0.0549. The van der Waals surface area contributed by atoms with Gasteiger partial charge in [-0.25, -0.2) is 0 Å². The maximum atomic E-state index is 12.9. The lowest BCUT2D eigenvalue weighted by atomic mass is 10.1. The fourth-order valence-corrected chi connectivity index (χ4v) is 4.37. The van der Waals surface area contributed by atoms with E-state index in [9.17, 15) is 13.2 Å². The Bertz CT molecular complexity index is 1030. The van der Waals surface area contributed by atoms with E-state index in [1.165, 1.54) is 13.2 Å². The molecule has 2 aromatic rings. The summed E-state index contributed by atoms with van der Waals surface area (Å²) in [5.41, 5.74) is 2.71. The molecule has 0 aliphatic carbocycles. The van der Waals surface area contributed by atoms with Gasteiger partial charge < -0.3 is 15.0 Å². The van der Waals surface area contributed by atoms with Gasteiger partial charge in [0.2, 0.25) is 5.91 Å². The van der Waals surface area contributed by atoms with E-state index < -0.39 is 10.0 Å². The molecule has 0 bridgehead atoms. The Morgan fingerprint density at radius 2 is 2.00 bits per heavy atom. The number of sulfonamides is 1. The molecule has 0 unspecified atom stereocenters. The van der Waals surface area contributed by atoms with Crippen LogP contribution >= 0.6 is 0 Å². The SMILES string of the molecule is CCCN1C(c2cccc(C)c2)=NS(=O)(=O)c2cc(NC(=O)COC)ccc21. The van der Waals surface area contributed by atoms with Gasteiger partial charge >= 0.3 is 0 Å². The molecule has 0 radical (unpaired) electrons. The number of ether oxygens (including phenoxy) is 1. The molecule has 0 atom stereocenters. The molecule has 1 amide bonds. The molecule has 28 heavy (non-hydrogen) atoms. The zero-order chi connectivity index (χ0) is 20.3. The number of methoxy groups -OCH3 is 1. The Morgan fingerprint density at radius 1 is 1.21 bits per heavy atom. The van der Waals surface area contributed by atoms with Gasteiger partial charge in [0, 0.05) is 24.9 Å². The minimum absolute atomic E-state index is 0.0765. The van der Waals surface area contributed by atoms with E-state index in [1.807, 2.05) is 43.0 Å². The van der Waals surface area contributed by atoms with Crippen LogP contribution in [0.3, 0.4) is 0 Å². The molecule has 1 heterocycles. The molecular weight excluding hydrogens is 378 g/mol. The summed E-state index contributed by atoms with van der Waals surface area (Å²) in [6.07, 6.45) is 0.816. The molecule has 0 fully saturated rings. The Balaban J connectivity index is 2.08. The molecule has 1 N–H and O–H groups in total. The van der Waals surface area contributed by atoms with Gasteiger partial charge in [0.25, 0.3) is 10.0 Å². The first-order valence-corrected chi connectivity index (χ1v) is 10.4. The minimum atomic E-state index is -3.91. The van der Waals surface area contributed by atoms with Gasteiger partial charge in [0.1, 0.15) is 11.5 Å². The van der Waals surface area contributed by atoms with Crippen molar-refractivity contribution >= 4 is 33.1 Å². The number of hydrogen-bond acceptors (Lipinski definition) is 5. The monoisotopic (exact) mass is 401 g/mol. The average molecular weight is 401 g/mol. The van der Waals surface area contributed by atoms with Gasteiger partial charge in [-0.2, -0.15) is 8.42 Å². The Morgan fingerprint density at radius 3 is 2.68 bits per heavy atom. The molecule has 7 nitrogen and oxygen atoms in total. The number of hydrogen-bond donors (Lipinski definition) is 1. The number of fused-ring (bicyclic) bond motifs is 1. The zero-order valence-electron chi connectivity index (χ0n) is 16.1. The molecule has 0 aromatic heterocycles. The van der Waals surface area contributed by atoms with Gasteiger partial charge in [-0.15, -0.1) is 4.40 Å². The highest BCUT2D eigenvalue weighted by Crippen LogP contribution is 2.35. The largest absolute Gasteiger partial charge is 0.375 e. The van der Waals surface area contributed by atoms with Crippen LogP contribution in [-0.4, -0.2) is 40.4 Å². The van der Waals surface area contributed by atoms with E-state index >= 15 is 0 Å². The van der Waals surface area contributed by atoms with Crippen LogP contribution in [0.1, 0.15) is 24.5 Å². The molecule has 2 aromatic carbocycles.